The largest absolute Gasteiger partial charge is 0.481 e. The minimum atomic E-state index is -0.841. The summed E-state index contributed by atoms with van der Waals surface area (Å²) in [5.41, 5.74) is 0. The predicted molar refractivity (Wildman–Crippen MR) is 70.8 cm³/mol. The molecule has 0 aromatic carbocycles. The molecule has 0 saturated carbocycles. The number of aryl methyl sites for hydroxylation is 1. The summed E-state index contributed by atoms with van der Waals surface area (Å²) in [6.45, 7) is 2.99. The van der Waals surface area contributed by atoms with Crippen molar-refractivity contribution in [2.45, 2.75) is 26.3 Å². The highest BCUT2D eigenvalue weighted by molar-refractivity contribution is 7.11. The molecule has 0 atom stereocenters. The van der Waals surface area contributed by atoms with Gasteiger partial charge in [0.05, 0.1) is 6.54 Å². The first-order valence-electron chi connectivity index (χ1n) is 5.75. The first-order chi connectivity index (χ1) is 8.49. The summed E-state index contributed by atoms with van der Waals surface area (Å²) in [5.74, 6) is -0.841. The number of nitrogens with zero attached hydrogens (tertiary/aromatic N) is 1. The minimum absolute atomic E-state index is 0.0775. The van der Waals surface area contributed by atoms with E-state index in [1.54, 1.807) is 23.3 Å². The molecular formula is C12H18N2O3S. The maximum Gasteiger partial charge on any atom is 0.317 e. The molecule has 1 aromatic rings. The number of carbonyl (C=O) groups excluding carboxylic acids is 1. The van der Waals surface area contributed by atoms with Crippen molar-refractivity contribution in [1.82, 2.24) is 10.2 Å². The Labute approximate surface area is 110 Å². The fraction of sp³-hybridized carbons (Fsp3) is 0.500. The fourth-order valence-electron chi connectivity index (χ4n) is 1.45. The normalized spacial score (nSPS) is 10.1. The number of nitrogens with one attached hydrogen (secondary N) is 1. The molecule has 1 heterocycles. The molecule has 1 aromatic heterocycles. The Morgan fingerprint density at radius 1 is 1.44 bits per heavy atom. The SMILES string of the molecule is Cc1ccc(CN(C)C(=O)NCCCC(=O)O)s1. The lowest BCUT2D eigenvalue weighted by Gasteiger charge is -2.16. The third-order valence-corrected chi connectivity index (χ3v) is 3.36. The van der Waals surface area contributed by atoms with Crippen molar-refractivity contribution in [1.29, 1.82) is 0 Å². The van der Waals surface area contributed by atoms with E-state index in [-0.39, 0.29) is 12.5 Å². The van der Waals surface area contributed by atoms with Crippen LogP contribution in [0.4, 0.5) is 4.79 Å². The van der Waals surface area contributed by atoms with Gasteiger partial charge >= 0.3 is 12.0 Å². The number of thiophene rings is 1. The van der Waals surface area contributed by atoms with Crippen molar-refractivity contribution in [2.75, 3.05) is 13.6 Å². The van der Waals surface area contributed by atoms with Crippen molar-refractivity contribution in [3.63, 3.8) is 0 Å². The van der Waals surface area contributed by atoms with E-state index in [1.165, 1.54) is 4.88 Å². The van der Waals surface area contributed by atoms with Crippen LogP contribution >= 0.6 is 11.3 Å². The number of rotatable bonds is 6. The van der Waals surface area contributed by atoms with Crippen LogP contribution in [-0.4, -0.2) is 35.6 Å². The van der Waals surface area contributed by atoms with Gasteiger partial charge in [-0.3, -0.25) is 4.79 Å². The third-order valence-electron chi connectivity index (χ3n) is 2.38. The van der Waals surface area contributed by atoms with E-state index < -0.39 is 5.97 Å². The Balaban J connectivity index is 2.26. The third kappa shape index (κ3) is 5.18. The molecule has 0 saturated heterocycles. The number of urea groups is 1. The molecule has 0 aliphatic carbocycles. The average molecular weight is 270 g/mol. The second kappa shape index (κ2) is 7.00. The van der Waals surface area contributed by atoms with Gasteiger partial charge in [-0.05, 0) is 25.5 Å². The van der Waals surface area contributed by atoms with Gasteiger partial charge in [0.15, 0.2) is 0 Å². The summed E-state index contributed by atoms with van der Waals surface area (Å²) in [7, 11) is 1.72. The van der Waals surface area contributed by atoms with Crippen molar-refractivity contribution in [2.24, 2.45) is 0 Å². The summed E-state index contributed by atoms with van der Waals surface area (Å²) in [4.78, 5) is 25.9. The van der Waals surface area contributed by atoms with E-state index in [1.807, 2.05) is 19.1 Å². The number of aliphatic carboxylic acids is 1. The Morgan fingerprint density at radius 2 is 2.17 bits per heavy atom. The topological polar surface area (TPSA) is 69.6 Å². The van der Waals surface area contributed by atoms with Crippen molar-refractivity contribution < 1.29 is 14.7 Å². The van der Waals surface area contributed by atoms with E-state index in [4.69, 9.17) is 5.11 Å². The lowest BCUT2D eigenvalue weighted by Crippen LogP contribution is -2.37. The molecule has 0 aliphatic heterocycles. The van der Waals surface area contributed by atoms with E-state index in [9.17, 15) is 9.59 Å². The molecule has 2 amide bonds. The quantitative estimate of drug-likeness (QED) is 0.777. The maximum atomic E-state index is 11.7. The van der Waals surface area contributed by atoms with E-state index in [0.717, 1.165) is 4.88 Å². The Morgan fingerprint density at radius 3 is 2.72 bits per heavy atom. The Hall–Kier alpha value is -1.56. The smallest absolute Gasteiger partial charge is 0.317 e. The van der Waals surface area contributed by atoms with Crippen LogP contribution in [0.3, 0.4) is 0 Å². The highest BCUT2D eigenvalue weighted by atomic mass is 32.1. The summed E-state index contributed by atoms with van der Waals surface area (Å²) in [5, 5.41) is 11.2. The average Bonchev–Trinajstić information content (AvgIpc) is 2.69. The lowest BCUT2D eigenvalue weighted by molar-refractivity contribution is -0.137. The first kappa shape index (κ1) is 14.5. The lowest BCUT2D eigenvalue weighted by atomic mass is 10.3. The first-order valence-corrected chi connectivity index (χ1v) is 6.56. The zero-order chi connectivity index (χ0) is 13.5. The summed E-state index contributed by atoms with van der Waals surface area (Å²) in [6, 6.07) is 3.86. The highest BCUT2D eigenvalue weighted by Crippen LogP contribution is 2.16. The van der Waals surface area contributed by atoms with Crippen LogP contribution in [0.5, 0.6) is 0 Å². The van der Waals surface area contributed by atoms with Crippen LogP contribution in [0.2, 0.25) is 0 Å². The van der Waals surface area contributed by atoms with Gasteiger partial charge in [0.1, 0.15) is 0 Å². The molecule has 18 heavy (non-hydrogen) atoms. The van der Waals surface area contributed by atoms with Gasteiger partial charge < -0.3 is 15.3 Å². The Bertz CT molecular complexity index is 417. The highest BCUT2D eigenvalue weighted by Gasteiger charge is 2.09. The molecule has 100 valence electrons. The number of carbonyl (C=O) groups is 2. The molecule has 0 bridgehead atoms. The zero-order valence-corrected chi connectivity index (χ0v) is 11.4. The number of carboxylic acid groups (broad SMARTS) is 1. The standard InChI is InChI=1S/C12H18N2O3S/c1-9-5-6-10(18-9)8-14(2)12(17)13-7-3-4-11(15)16/h5-6H,3-4,7-8H2,1-2H3,(H,13,17)(H,15,16). The van der Waals surface area contributed by atoms with Gasteiger partial charge in [0, 0.05) is 29.8 Å². The molecule has 6 heteroatoms. The van der Waals surface area contributed by atoms with Crippen LogP contribution in [-0.2, 0) is 11.3 Å². The van der Waals surface area contributed by atoms with Gasteiger partial charge in [-0.15, -0.1) is 11.3 Å². The maximum absolute atomic E-state index is 11.7. The zero-order valence-electron chi connectivity index (χ0n) is 10.6. The van der Waals surface area contributed by atoms with Gasteiger partial charge in [0.25, 0.3) is 0 Å². The van der Waals surface area contributed by atoms with E-state index in [2.05, 4.69) is 5.32 Å². The van der Waals surface area contributed by atoms with Crippen molar-refractivity contribution >= 4 is 23.3 Å². The van der Waals surface area contributed by atoms with Gasteiger partial charge in [0.2, 0.25) is 0 Å². The van der Waals surface area contributed by atoms with E-state index >= 15 is 0 Å². The van der Waals surface area contributed by atoms with Gasteiger partial charge in [-0.2, -0.15) is 0 Å². The summed E-state index contributed by atoms with van der Waals surface area (Å²) < 4.78 is 0. The second-order valence-electron chi connectivity index (χ2n) is 4.10. The monoisotopic (exact) mass is 270 g/mol. The van der Waals surface area contributed by atoms with Crippen LogP contribution in [0.1, 0.15) is 22.6 Å². The van der Waals surface area contributed by atoms with Gasteiger partial charge in [-0.1, -0.05) is 0 Å². The minimum Gasteiger partial charge on any atom is -0.481 e. The number of hydrogen-bond donors (Lipinski definition) is 2. The Kier molecular flexibility index (Phi) is 5.64. The van der Waals surface area contributed by atoms with Crippen LogP contribution in [0, 0.1) is 6.92 Å². The molecule has 5 nitrogen and oxygen atoms in total. The van der Waals surface area contributed by atoms with Crippen LogP contribution in [0.25, 0.3) is 0 Å². The summed E-state index contributed by atoms with van der Waals surface area (Å²) >= 11 is 1.67. The molecular weight excluding hydrogens is 252 g/mol. The van der Waals surface area contributed by atoms with Crippen LogP contribution < -0.4 is 5.32 Å². The molecule has 0 radical (unpaired) electrons. The molecule has 0 spiro atoms. The number of amides is 2. The van der Waals surface area contributed by atoms with Crippen molar-refractivity contribution in [3.8, 4) is 0 Å². The van der Waals surface area contributed by atoms with Crippen LogP contribution in [0.15, 0.2) is 12.1 Å². The van der Waals surface area contributed by atoms with E-state index in [0.29, 0.717) is 19.5 Å². The van der Waals surface area contributed by atoms with Crippen molar-refractivity contribution in [3.05, 3.63) is 21.9 Å². The summed E-state index contributed by atoms with van der Waals surface area (Å²) in [6.07, 6.45) is 0.529. The molecule has 0 unspecified atom stereocenters. The molecule has 1 rings (SSSR count). The number of carboxylic acids is 1. The molecule has 2 N–H and O–H groups in total. The predicted octanol–water partition coefficient (Wildman–Crippen LogP) is 2.06. The van der Waals surface area contributed by atoms with Gasteiger partial charge in [-0.25, -0.2) is 4.79 Å². The fourth-order valence-corrected chi connectivity index (χ4v) is 2.39. The molecule has 0 fully saturated rings. The molecule has 0 aliphatic rings. The number of hydrogen-bond acceptors (Lipinski definition) is 3. The second-order valence-corrected chi connectivity index (χ2v) is 5.47.